The first-order valence-corrected chi connectivity index (χ1v) is 10.4. The van der Waals surface area contributed by atoms with Gasteiger partial charge >= 0.3 is 11.7 Å². The van der Waals surface area contributed by atoms with Crippen LogP contribution >= 0.6 is 11.8 Å². The van der Waals surface area contributed by atoms with Crippen LogP contribution in [-0.2, 0) is 29.5 Å². The zero-order chi connectivity index (χ0) is 21.0. The van der Waals surface area contributed by atoms with Crippen molar-refractivity contribution in [2.45, 2.75) is 43.6 Å². The third kappa shape index (κ3) is 4.45. The van der Waals surface area contributed by atoms with Crippen LogP contribution in [0.3, 0.4) is 0 Å². The number of aromatic amines is 1. The molecule has 0 bridgehead atoms. The fraction of sp³-hybridized carbons (Fsp3) is 0.400. The van der Waals surface area contributed by atoms with Gasteiger partial charge in [-0.25, -0.2) is 9.78 Å². The molecular weight excluding hydrogens is 392 g/mol. The summed E-state index contributed by atoms with van der Waals surface area (Å²) in [6.45, 7) is 4.45. The summed E-state index contributed by atoms with van der Waals surface area (Å²) in [6.07, 6.45) is 1.24. The van der Waals surface area contributed by atoms with Gasteiger partial charge in [-0.05, 0) is 25.3 Å². The second kappa shape index (κ2) is 9.13. The second-order valence-corrected chi connectivity index (χ2v) is 7.71. The number of aromatic nitrogens is 4. The van der Waals surface area contributed by atoms with Gasteiger partial charge in [-0.15, -0.1) is 0 Å². The maximum atomic E-state index is 12.6. The van der Waals surface area contributed by atoms with E-state index in [-0.39, 0.29) is 5.97 Å². The van der Waals surface area contributed by atoms with Crippen molar-refractivity contribution in [2.75, 3.05) is 6.61 Å². The van der Waals surface area contributed by atoms with Crippen LogP contribution < -0.4 is 11.2 Å². The minimum atomic E-state index is -0.524. The zero-order valence-electron chi connectivity index (χ0n) is 16.7. The van der Waals surface area contributed by atoms with E-state index in [1.807, 2.05) is 37.3 Å². The van der Waals surface area contributed by atoms with Crippen LogP contribution in [0.15, 0.2) is 45.1 Å². The molecule has 0 saturated heterocycles. The van der Waals surface area contributed by atoms with Gasteiger partial charge in [-0.3, -0.25) is 19.1 Å². The Morgan fingerprint density at radius 3 is 2.62 bits per heavy atom. The third-order valence-electron chi connectivity index (χ3n) is 4.61. The van der Waals surface area contributed by atoms with Crippen LogP contribution in [0.4, 0.5) is 0 Å². The van der Waals surface area contributed by atoms with Crippen LogP contribution in [-0.4, -0.2) is 36.9 Å². The third-order valence-corrected chi connectivity index (χ3v) is 5.94. The number of carbonyl (C=O) groups excluding carboxylic acids is 1. The van der Waals surface area contributed by atoms with Crippen molar-refractivity contribution < 1.29 is 9.53 Å². The molecule has 0 aliphatic carbocycles. The van der Waals surface area contributed by atoms with E-state index in [9.17, 15) is 14.4 Å². The molecule has 0 spiro atoms. The van der Waals surface area contributed by atoms with Crippen molar-refractivity contribution in [3.63, 3.8) is 0 Å². The normalized spacial score (nSPS) is 12.2. The van der Waals surface area contributed by atoms with Crippen molar-refractivity contribution in [1.82, 2.24) is 19.1 Å². The molecule has 9 heteroatoms. The molecule has 0 fully saturated rings. The van der Waals surface area contributed by atoms with Gasteiger partial charge in [0.2, 0.25) is 0 Å². The molecule has 1 atom stereocenters. The maximum absolute atomic E-state index is 12.6. The molecule has 0 aliphatic heterocycles. The highest BCUT2D eigenvalue weighted by atomic mass is 32.2. The molecule has 29 heavy (non-hydrogen) atoms. The number of fused-ring (bicyclic) bond motifs is 1. The Labute approximate surface area is 171 Å². The van der Waals surface area contributed by atoms with Gasteiger partial charge in [-0.1, -0.05) is 49.0 Å². The van der Waals surface area contributed by atoms with E-state index >= 15 is 0 Å². The van der Waals surface area contributed by atoms with E-state index in [2.05, 4.69) is 9.97 Å². The lowest BCUT2D eigenvalue weighted by Crippen LogP contribution is -2.29. The van der Waals surface area contributed by atoms with Crippen LogP contribution in [0.1, 0.15) is 25.8 Å². The first-order valence-electron chi connectivity index (χ1n) is 9.53. The van der Waals surface area contributed by atoms with E-state index in [0.717, 1.165) is 5.56 Å². The van der Waals surface area contributed by atoms with E-state index in [1.165, 1.54) is 16.3 Å². The van der Waals surface area contributed by atoms with E-state index < -0.39 is 16.5 Å². The fourth-order valence-corrected chi connectivity index (χ4v) is 4.09. The maximum Gasteiger partial charge on any atom is 0.329 e. The van der Waals surface area contributed by atoms with Crippen LogP contribution in [0, 0.1) is 0 Å². The molecule has 2 heterocycles. The lowest BCUT2D eigenvalue weighted by molar-refractivity contribution is -0.142. The summed E-state index contributed by atoms with van der Waals surface area (Å²) in [4.78, 5) is 43.7. The number of thioether (sulfide) groups is 1. The fourth-order valence-electron chi connectivity index (χ4n) is 3.06. The molecule has 3 aromatic rings. The van der Waals surface area contributed by atoms with E-state index in [1.54, 1.807) is 18.5 Å². The van der Waals surface area contributed by atoms with Gasteiger partial charge in [0.05, 0.1) is 6.61 Å². The number of nitrogens with one attached hydrogen (secondary N) is 1. The number of hydrogen-bond donors (Lipinski definition) is 1. The Kier molecular flexibility index (Phi) is 6.58. The second-order valence-electron chi connectivity index (χ2n) is 6.54. The van der Waals surface area contributed by atoms with Gasteiger partial charge in [0.1, 0.15) is 5.25 Å². The van der Waals surface area contributed by atoms with E-state index in [4.69, 9.17) is 4.74 Å². The van der Waals surface area contributed by atoms with Gasteiger partial charge in [0.15, 0.2) is 16.3 Å². The molecule has 0 aliphatic rings. The number of hydrogen-bond acceptors (Lipinski definition) is 6. The molecule has 0 amide bonds. The van der Waals surface area contributed by atoms with E-state index in [0.29, 0.717) is 42.3 Å². The summed E-state index contributed by atoms with van der Waals surface area (Å²) in [5.41, 5.74) is 0.727. The molecule has 0 radical (unpaired) electrons. The molecule has 154 valence electrons. The summed E-state index contributed by atoms with van der Waals surface area (Å²) in [7, 11) is 1.56. The molecular formula is C20H24N4O4S. The van der Waals surface area contributed by atoms with Crippen molar-refractivity contribution in [3.05, 3.63) is 56.7 Å². The summed E-state index contributed by atoms with van der Waals surface area (Å²) in [5, 5.41) is 0.0703. The number of imidazole rings is 1. The molecule has 8 nitrogen and oxygen atoms in total. The highest BCUT2D eigenvalue weighted by Gasteiger charge is 2.25. The monoisotopic (exact) mass is 416 g/mol. The first-order chi connectivity index (χ1) is 14.0. The number of nitrogens with zero attached hydrogens (tertiary/aromatic N) is 3. The van der Waals surface area contributed by atoms with Crippen molar-refractivity contribution in [2.24, 2.45) is 7.05 Å². The number of esters is 1. The SMILES string of the molecule is CCOC(=O)[C@H](CC)Sc1nc2c(c(=O)[nH]c(=O)n2C)n1CCc1ccccc1. The Balaban J connectivity index is 2.06. The summed E-state index contributed by atoms with van der Waals surface area (Å²) < 4.78 is 8.25. The highest BCUT2D eigenvalue weighted by molar-refractivity contribution is 8.00. The predicted molar refractivity (Wildman–Crippen MR) is 112 cm³/mol. The number of rotatable bonds is 8. The zero-order valence-corrected chi connectivity index (χ0v) is 17.5. The number of ether oxygens (including phenoxy) is 1. The smallest absolute Gasteiger partial charge is 0.329 e. The largest absolute Gasteiger partial charge is 0.465 e. The number of carbonyl (C=O) groups is 1. The molecule has 1 N–H and O–H groups in total. The quantitative estimate of drug-likeness (QED) is 0.446. The molecule has 2 aromatic heterocycles. The average Bonchev–Trinajstić information content (AvgIpc) is 3.08. The molecule has 0 unspecified atom stereocenters. The van der Waals surface area contributed by atoms with Crippen LogP contribution in [0.25, 0.3) is 11.2 Å². The summed E-state index contributed by atoms with van der Waals surface area (Å²) in [5.74, 6) is -0.315. The summed E-state index contributed by atoms with van der Waals surface area (Å²) in [6, 6.07) is 9.89. The van der Waals surface area contributed by atoms with Gasteiger partial charge in [0.25, 0.3) is 5.56 Å². The predicted octanol–water partition coefficient (Wildman–Crippen LogP) is 2.10. The Bertz CT molecular complexity index is 1120. The summed E-state index contributed by atoms with van der Waals surface area (Å²) >= 11 is 1.26. The Hall–Kier alpha value is -2.81. The highest BCUT2D eigenvalue weighted by Crippen LogP contribution is 2.28. The molecule has 1 aromatic carbocycles. The van der Waals surface area contributed by atoms with Gasteiger partial charge in [0, 0.05) is 13.6 Å². The number of aryl methyl sites for hydroxylation is 3. The van der Waals surface area contributed by atoms with Crippen molar-refractivity contribution >= 4 is 28.9 Å². The number of H-pyrrole nitrogens is 1. The molecule has 3 rings (SSSR count). The van der Waals surface area contributed by atoms with Gasteiger partial charge in [-0.2, -0.15) is 0 Å². The van der Waals surface area contributed by atoms with Crippen LogP contribution in [0.5, 0.6) is 0 Å². The number of benzene rings is 1. The minimum absolute atomic E-state index is 0.299. The lowest BCUT2D eigenvalue weighted by atomic mass is 10.1. The van der Waals surface area contributed by atoms with Gasteiger partial charge < -0.3 is 9.30 Å². The van der Waals surface area contributed by atoms with Crippen LogP contribution in [0.2, 0.25) is 0 Å². The average molecular weight is 417 g/mol. The minimum Gasteiger partial charge on any atom is -0.465 e. The topological polar surface area (TPSA) is 99.0 Å². The Morgan fingerprint density at radius 1 is 1.24 bits per heavy atom. The van der Waals surface area contributed by atoms with Crippen molar-refractivity contribution in [3.8, 4) is 0 Å². The molecule has 0 saturated carbocycles. The first kappa shape index (κ1) is 20.9. The Morgan fingerprint density at radius 2 is 1.97 bits per heavy atom. The lowest BCUT2D eigenvalue weighted by Gasteiger charge is -2.14. The standard InChI is InChI=1S/C20H24N4O4S/c1-4-14(18(26)28-5-2)29-20-21-16-15(17(25)22-19(27)23(16)3)24(20)12-11-13-9-7-6-8-10-13/h6-10,14H,4-5,11-12H2,1-3H3,(H,22,25,27)/t14-/m0/s1. The van der Waals surface area contributed by atoms with Crippen molar-refractivity contribution in [1.29, 1.82) is 0 Å².